The van der Waals surface area contributed by atoms with Crippen LogP contribution in [0.15, 0.2) is 16.6 Å². The maximum absolute atomic E-state index is 10.4. The van der Waals surface area contributed by atoms with E-state index in [1.165, 1.54) is 12.8 Å². The summed E-state index contributed by atoms with van der Waals surface area (Å²) in [6.45, 7) is 1.15. The van der Waals surface area contributed by atoms with Crippen molar-refractivity contribution in [1.29, 1.82) is 0 Å². The van der Waals surface area contributed by atoms with Crippen LogP contribution in [0.2, 0.25) is 0 Å². The minimum atomic E-state index is -0.389. The minimum Gasteiger partial charge on any atom is -0.486 e. The smallest absolute Gasteiger partial charge is 0.175 e. The van der Waals surface area contributed by atoms with Gasteiger partial charge in [-0.05, 0) is 52.4 Å². The monoisotopic (exact) mass is 312 g/mol. The molecule has 1 saturated carbocycles. The molecule has 0 saturated heterocycles. The lowest BCUT2D eigenvalue weighted by molar-refractivity contribution is 0.110. The fraction of sp³-hybridized carbons (Fsp3) is 0.571. The first-order valence-electron chi connectivity index (χ1n) is 6.53. The molecule has 3 nitrogen and oxygen atoms in total. The minimum absolute atomic E-state index is 0.388. The standard InChI is InChI=1S/C14H17BrO3/c15-11-7-10(13(16)9-3-1-2-4-9)8-12-14(11)18-6-5-17-12/h7-9,13,16H,1-6H2. The summed E-state index contributed by atoms with van der Waals surface area (Å²) in [4.78, 5) is 0. The van der Waals surface area contributed by atoms with Gasteiger partial charge >= 0.3 is 0 Å². The molecule has 2 aliphatic rings. The molecule has 0 radical (unpaired) electrons. The highest BCUT2D eigenvalue weighted by atomic mass is 79.9. The Kier molecular flexibility index (Phi) is 3.48. The van der Waals surface area contributed by atoms with E-state index in [1.54, 1.807) is 0 Å². The zero-order valence-electron chi connectivity index (χ0n) is 10.2. The Morgan fingerprint density at radius 3 is 2.67 bits per heavy atom. The summed E-state index contributed by atoms with van der Waals surface area (Å²) in [5.74, 6) is 1.88. The Labute approximate surface area is 115 Å². The average molecular weight is 313 g/mol. The van der Waals surface area contributed by atoms with Crippen LogP contribution in [0.5, 0.6) is 11.5 Å². The third-order valence-corrected chi connectivity index (χ3v) is 4.40. The van der Waals surface area contributed by atoms with Gasteiger partial charge in [0.25, 0.3) is 0 Å². The lowest BCUT2D eigenvalue weighted by Gasteiger charge is -2.23. The fourth-order valence-corrected chi connectivity index (χ4v) is 3.42. The summed E-state index contributed by atoms with van der Waals surface area (Å²) < 4.78 is 12.0. The van der Waals surface area contributed by atoms with E-state index in [0.717, 1.165) is 34.4 Å². The molecule has 1 aromatic carbocycles. The Balaban J connectivity index is 1.90. The summed E-state index contributed by atoms with van der Waals surface area (Å²) in [5, 5.41) is 10.4. The molecule has 0 bridgehead atoms. The van der Waals surface area contributed by atoms with Crippen LogP contribution < -0.4 is 9.47 Å². The second-order valence-electron chi connectivity index (χ2n) is 5.02. The van der Waals surface area contributed by atoms with Gasteiger partial charge in [0, 0.05) is 0 Å². The second kappa shape index (κ2) is 5.10. The van der Waals surface area contributed by atoms with Crippen LogP contribution in [0.1, 0.15) is 37.4 Å². The zero-order chi connectivity index (χ0) is 12.5. The number of aliphatic hydroxyl groups excluding tert-OH is 1. The van der Waals surface area contributed by atoms with Crippen molar-refractivity contribution in [1.82, 2.24) is 0 Å². The number of fused-ring (bicyclic) bond motifs is 1. The predicted molar refractivity (Wildman–Crippen MR) is 72.0 cm³/mol. The molecular formula is C14H17BrO3. The van der Waals surface area contributed by atoms with Crippen LogP contribution in [0.3, 0.4) is 0 Å². The van der Waals surface area contributed by atoms with Crippen LogP contribution in [-0.4, -0.2) is 18.3 Å². The maximum Gasteiger partial charge on any atom is 0.175 e. The fourth-order valence-electron chi connectivity index (χ4n) is 2.85. The zero-order valence-corrected chi connectivity index (χ0v) is 11.8. The summed E-state index contributed by atoms with van der Waals surface area (Å²) in [6.07, 6.45) is 4.31. The van der Waals surface area contributed by atoms with E-state index in [2.05, 4.69) is 15.9 Å². The van der Waals surface area contributed by atoms with Gasteiger partial charge < -0.3 is 14.6 Å². The van der Waals surface area contributed by atoms with Gasteiger partial charge in [-0.15, -0.1) is 0 Å². The summed E-state index contributed by atoms with van der Waals surface area (Å²) >= 11 is 3.49. The third-order valence-electron chi connectivity index (χ3n) is 3.81. The van der Waals surface area contributed by atoms with Crippen molar-refractivity contribution in [2.75, 3.05) is 13.2 Å². The molecule has 1 aliphatic heterocycles. The first kappa shape index (κ1) is 12.3. The molecule has 1 aliphatic carbocycles. The molecule has 4 heteroatoms. The summed E-state index contributed by atoms with van der Waals surface area (Å²) in [5.41, 5.74) is 0.929. The number of ether oxygens (including phenoxy) is 2. The Morgan fingerprint density at radius 1 is 1.17 bits per heavy atom. The molecule has 1 heterocycles. The topological polar surface area (TPSA) is 38.7 Å². The maximum atomic E-state index is 10.4. The van der Waals surface area contributed by atoms with E-state index in [4.69, 9.17) is 9.47 Å². The summed E-state index contributed by atoms with van der Waals surface area (Å²) in [7, 11) is 0. The number of benzene rings is 1. The van der Waals surface area contributed by atoms with Gasteiger partial charge in [0.15, 0.2) is 11.5 Å². The highest BCUT2D eigenvalue weighted by Crippen LogP contribution is 2.43. The molecule has 18 heavy (non-hydrogen) atoms. The van der Waals surface area contributed by atoms with Crippen molar-refractivity contribution in [2.24, 2.45) is 5.92 Å². The molecule has 98 valence electrons. The van der Waals surface area contributed by atoms with Crippen LogP contribution >= 0.6 is 15.9 Å². The molecule has 1 fully saturated rings. The van der Waals surface area contributed by atoms with Crippen molar-refractivity contribution in [2.45, 2.75) is 31.8 Å². The van der Waals surface area contributed by atoms with Crippen LogP contribution in [0, 0.1) is 5.92 Å². The van der Waals surface area contributed by atoms with Crippen LogP contribution in [0.4, 0.5) is 0 Å². The van der Waals surface area contributed by atoms with Gasteiger partial charge in [-0.25, -0.2) is 0 Å². The number of hydrogen-bond acceptors (Lipinski definition) is 3. The Morgan fingerprint density at radius 2 is 1.89 bits per heavy atom. The molecule has 0 aromatic heterocycles. The van der Waals surface area contributed by atoms with Crippen molar-refractivity contribution in [3.05, 3.63) is 22.2 Å². The lowest BCUT2D eigenvalue weighted by atomic mass is 9.94. The third kappa shape index (κ3) is 2.24. The van der Waals surface area contributed by atoms with Crippen molar-refractivity contribution < 1.29 is 14.6 Å². The quantitative estimate of drug-likeness (QED) is 0.909. The van der Waals surface area contributed by atoms with E-state index in [1.807, 2.05) is 12.1 Å². The number of hydrogen-bond donors (Lipinski definition) is 1. The Bertz CT molecular complexity index is 441. The van der Waals surface area contributed by atoms with Crippen LogP contribution in [-0.2, 0) is 0 Å². The normalized spacial score (nSPS) is 21.0. The number of rotatable bonds is 2. The van der Waals surface area contributed by atoms with Gasteiger partial charge in [-0.2, -0.15) is 0 Å². The van der Waals surface area contributed by atoms with E-state index in [0.29, 0.717) is 19.1 Å². The van der Waals surface area contributed by atoms with Gasteiger partial charge in [0.05, 0.1) is 10.6 Å². The Hall–Kier alpha value is -0.740. The highest BCUT2D eigenvalue weighted by Gasteiger charge is 2.26. The van der Waals surface area contributed by atoms with Gasteiger partial charge in [-0.1, -0.05) is 12.8 Å². The summed E-state index contributed by atoms with van der Waals surface area (Å²) in [6, 6.07) is 3.87. The molecule has 3 rings (SSSR count). The predicted octanol–water partition coefficient (Wildman–Crippen LogP) is 3.44. The molecule has 0 amide bonds. The molecule has 1 aromatic rings. The van der Waals surface area contributed by atoms with Crippen molar-refractivity contribution in [3.8, 4) is 11.5 Å². The average Bonchev–Trinajstić information content (AvgIpc) is 2.91. The second-order valence-corrected chi connectivity index (χ2v) is 5.87. The van der Waals surface area contributed by atoms with Crippen molar-refractivity contribution in [3.63, 3.8) is 0 Å². The largest absolute Gasteiger partial charge is 0.486 e. The SMILES string of the molecule is OC(c1cc(Br)c2c(c1)OCCO2)C1CCCC1. The first-order valence-corrected chi connectivity index (χ1v) is 7.32. The molecule has 0 spiro atoms. The van der Waals surface area contributed by atoms with E-state index in [-0.39, 0.29) is 6.10 Å². The molecule has 1 N–H and O–H groups in total. The van der Waals surface area contributed by atoms with Gasteiger partial charge in [0.1, 0.15) is 13.2 Å². The molecule has 1 unspecified atom stereocenters. The van der Waals surface area contributed by atoms with Crippen LogP contribution in [0.25, 0.3) is 0 Å². The van der Waals surface area contributed by atoms with Gasteiger partial charge in [-0.3, -0.25) is 0 Å². The first-order chi connectivity index (χ1) is 8.75. The van der Waals surface area contributed by atoms with Gasteiger partial charge in [0.2, 0.25) is 0 Å². The van der Waals surface area contributed by atoms with E-state index >= 15 is 0 Å². The number of aliphatic hydroxyl groups is 1. The lowest BCUT2D eigenvalue weighted by Crippen LogP contribution is -2.17. The highest BCUT2D eigenvalue weighted by molar-refractivity contribution is 9.10. The van der Waals surface area contributed by atoms with E-state index < -0.39 is 0 Å². The number of halogens is 1. The molecule has 1 atom stereocenters. The van der Waals surface area contributed by atoms with Crippen molar-refractivity contribution >= 4 is 15.9 Å². The molecular weight excluding hydrogens is 296 g/mol. The van der Waals surface area contributed by atoms with E-state index in [9.17, 15) is 5.11 Å².